The third kappa shape index (κ3) is 3.67. The number of nitrogens with zero attached hydrogens (tertiary/aromatic N) is 5. The second kappa shape index (κ2) is 7.04. The van der Waals surface area contributed by atoms with Gasteiger partial charge in [-0.3, -0.25) is 0 Å². The van der Waals surface area contributed by atoms with Crippen LogP contribution in [0.5, 0.6) is 0 Å². The van der Waals surface area contributed by atoms with Crippen LogP contribution in [-0.2, 0) is 13.5 Å². The summed E-state index contributed by atoms with van der Waals surface area (Å²) in [5.41, 5.74) is 1.02. The largest absolute Gasteiger partial charge is 0.393 e. The fourth-order valence-corrected chi connectivity index (χ4v) is 3.27. The molecule has 1 fully saturated rings. The molecule has 2 aromatic rings. The highest BCUT2D eigenvalue weighted by molar-refractivity contribution is 5.33. The summed E-state index contributed by atoms with van der Waals surface area (Å²) < 4.78 is 1.94. The number of aromatic nitrogens is 5. The molecule has 0 amide bonds. The van der Waals surface area contributed by atoms with E-state index in [4.69, 9.17) is 0 Å². The molecule has 7 heteroatoms. The van der Waals surface area contributed by atoms with Gasteiger partial charge in [-0.05, 0) is 31.4 Å². The topological polar surface area (TPSA) is 88.8 Å². The molecular weight excluding hydrogens is 292 g/mol. The van der Waals surface area contributed by atoms with Crippen molar-refractivity contribution < 1.29 is 5.11 Å². The van der Waals surface area contributed by atoms with Crippen LogP contribution in [0.25, 0.3) is 0 Å². The van der Waals surface area contributed by atoms with Crippen molar-refractivity contribution in [1.82, 2.24) is 25.0 Å². The Bertz CT molecular complexity index is 626. The smallest absolute Gasteiger partial charge is 0.148 e. The summed E-state index contributed by atoms with van der Waals surface area (Å²) in [5, 5.41) is 30.1. The lowest BCUT2D eigenvalue weighted by molar-refractivity contribution is 0.137. The molecular formula is C16H24N6O. The molecule has 0 unspecified atom stereocenters. The summed E-state index contributed by atoms with van der Waals surface area (Å²) in [6.07, 6.45) is 5.05. The minimum atomic E-state index is -0.323. The van der Waals surface area contributed by atoms with Crippen molar-refractivity contribution >= 4 is 5.82 Å². The van der Waals surface area contributed by atoms with Gasteiger partial charge < -0.3 is 15.0 Å². The van der Waals surface area contributed by atoms with Crippen molar-refractivity contribution in [3.05, 3.63) is 30.0 Å². The Balaban J connectivity index is 1.55. The van der Waals surface area contributed by atoms with Crippen LogP contribution < -0.4 is 5.32 Å². The van der Waals surface area contributed by atoms with Gasteiger partial charge in [0.2, 0.25) is 0 Å². The first kappa shape index (κ1) is 15.9. The highest BCUT2D eigenvalue weighted by Crippen LogP contribution is 2.37. The van der Waals surface area contributed by atoms with Crippen LogP contribution in [0.2, 0.25) is 0 Å². The van der Waals surface area contributed by atoms with E-state index in [1.807, 2.05) is 23.7 Å². The first-order valence-corrected chi connectivity index (χ1v) is 8.25. The minimum absolute atomic E-state index is 0.189. The van der Waals surface area contributed by atoms with E-state index < -0.39 is 0 Å². The fourth-order valence-electron chi connectivity index (χ4n) is 3.27. The average Bonchev–Trinajstić information content (AvgIpc) is 3.13. The number of aryl methyl sites for hydroxylation is 2. The zero-order chi connectivity index (χ0) is 16.2. The predicted molar refractivity (Wildman–Crippen MR) is 87.0 cm³/mol. The molecule has 0 bridgehead atoms. The van der Waals surface area contributed by atoms with Gasteiger partial charge in [0.25, 0.3) is 0 Å². The lowest BCUT2D eigenvalue weighted by Crippen LogP contribution is -2.22. The van der Waals surface area contributed by atoms with Crippen LogP contribution in [0.3, 0.4) is 0 Å². The molecule has 3 rings (SSSR count). The van der Waals surface area contributed by atoms with Gasteiger partial charge in [0.1, 0.15) is 18.0 Å². The van der Waals surface area contributed by atoms with E-state index in [9.17, 15) is 5.11 Å². The third-order valence-electron chi connectivity index (χ3n) is 4.54. The van der Waals surface area contributed by atoms with E-state index in [1.165, 1.54) is 0 Å². The van der Waals surface area contributed by atoms with Gasteiger partial charge in [0.05, 0.1) is 11.8 Å². The molecule has 0 spiro atoms. The maximum Gasteiger partial charge on any atom is 0.148 e. The normalized spacial score (nSPS) is 24.0. The Morgan fingerprint density at radius 3 is 2.78 bits per heavy atom. The zero-order valence-electron chi connectivity index (χ0n) is 13.7. The first-order chi connectivity index (χ1) is 11.2. The summed E-state index contributed by atoms with van der Waals surface area (Å²) in [5.74, 6) is 2.17. The van der Waals surface area contributed by atoms with Crippen molar-refractivity contribution in [1.29, 1.82) is 0 Å². The number of hydrogen-bond donors (Lipinski definition) is 2. The molecule has 2 aromatic heterocycles. The summed E-state index contributed by atoms with van der Waals surface area (Å²) in [4.78, 5) is 0. The minimum Gasteiger partial charge on any atom is -0.393 e. The SMILES string of the molecule is CCCc1ccc(NC[C@H]2C[C@H](c3nncn3C)C[C@H]2O)nn1. The van der Waals surface area contributed by atoms with Gasteiger partial charge in [0.15, 0.2) is 0 Å². The number of aliphatic hydroxyl groups is 1. The van der Waals surface area contributed by atoms with Crippen LogP contribution in [0.4, 0.5) is 5.82 Å². The van der Waals surface area contributed by atoms with Crippen molar-refractivity contribution in [2.24, 2.45) is 13.0 Å². The van der Waals surface area contributed by atoms with Crippen LogP contribution in [0.1, 0.15) is 43.6 Å². The van der Waals surface area contributed by atoms with E-state index in [1.54, 1.807) is 6.33 Å². The molecule has 1 saturated carbocycles. The first-order valence-electron chi connectivity index (χ1n) is 8.25. The highest BCUT2D eigenvalue weighted by Gasteiger charge is 2.35. The molecule has 1 aliphatic rings. The fraction of sp³-hybridized carbons (Fsp3) is 0.625. The second-order valence-electron chi connectivity index (χ2n) is 6.34. The van der Waals surface area contributed by atoms with Gasteiger partial charge >= 0.3 is 0 Å². The molecule has 0 aliphatic heterocycles. The Morgan fingerprint density at radius 2 is 2.13 bits per heavy atom. The lowest BCUT2D eigenvalue weighted by Gasteiger charge is -2.15. The molecule has 3 atom stereocenters. The van der Waals surface area contributed by atoms with E-state index in [0.29, 0.717) is 6.54 Å². The van der Waals surface area contributed by atoms with Crippen molar-refractivity contribution in [3.63, 3.8) is 0 Å². The summed E-state index contributed by atoms with van der Waals surface area (Å²) in [7, 11) is 1.95. The predicted octanol–water partition coefficient (Wildman–Crippen LogP) is 1.52. The maximum absolute atomic E-state index is 10.3. The molecule has 0 saturated heterocycles. The number of anilines is 1. The van der Waals surface area contributed by atoms with Crippen LogP contribution in [0.15, 0.2) is 18.5 Å². The molecule has 23 heavy (non-hydrogen) atoms. The van der Waals surface area contributed by atoms with E-state index in [-0.39, 0.29) is 17.9 Å². The second-order valence-corrected chi connectivity index (χ2v) is 6.34. The Morgan fingerprint density at radius 1 is 1.26 bits per heavy atom. The monoisotopic (exact) mass is 316 g/mol. The van der Waals surface area contributed by atoms with Crippen molar-refractivity contribution in [3.8, 4) is 0 Å². The highest BCUT2D eigenvalue weighted by atomic mass is 16.3. The van der Waals surface area contributed by atoms with Crippen molar-refractivity contribution in [2.45, 2.75) is 44.6 Å². The van der Waals surface area contributed by atoms with Gasteiger partial charge in [-0.25, -0.2) is 0 Å². The van der Waals surface area contributed by atoms with Gasteiger partial charge in [-0.1, -0.05) is 13.3 Å². The van der Waals surface area contributed by atoms with E-state index in [2.05, 4.69) is 32.6 Å². The van der Waals surface area contributed by atoms with Gasteiger partial charge in [0, 0.05) is 25.4 Å². The Labute approximate surface area is 136 Å². The number of aliphatic hydroxyl groups excluding tert-OH is 1. The van der Waals surface area contributed by atoms with E-state index in [0.717, 1.165) is 43.0 Å². The van der Waals surface area contributed by atoms with Crippen molar-refractivity contribution in [2.75, 3.05) is 11.9 Å². The number of nitrogens with one attached hydrogen (secondary N) is 1. The van der Waals surface area contributed by atoms with Crippen LogP contribution >= 0.6 is 0 Å². The maximum atomic E-state index is 10.3. The molecule has 2 heterocycles. The number of hydrogen-bond acceptors (Lipinski definition) is 6. The van der Waals surface area contributed by atoms with E-state index >= 15 is 0 Å². The Kier molecular flexibility index (Phi) is 4.85. The lowest BCUT2D eigenvalue weighted by atomic mass is 10.0. The molecule has 1 aliphatic carbocycles. The molecule has 0 radical (unpaired) electrons. The standard InChI is InChI=1S/C16H24N6O/c1-3-4-13-5-6-15(20-19-13)17-9-12-7-11(8-14(12)23)16-21-18-10-22(16)2/h5-6,10-12,14,23H,3-4,7-9H2,1-2H3,(H,17,20)/t11-,12+,14+/m0/s1. The third-order valence-corrected chi connectivity index (χ3v) is 4.54. The molecule has 124 valence electrons. The molecule has 0 aromatic carbocycles. The van der Waals surface area contributed by atoms with Gasteiger partial charge in [-0.15, -0.1) is 15.3 Å². The summed E-state index contributed by atoms with van der Waals surface area (Å²) >= 11 is 0. The van der Waals surface area contributed by atoms with Crippen LogP contribution in [0, 0.1) is 5.92 Å². The summed E-state index contributed by atoms with van der Waals surface area (Å²) in [6, 6.07) is 3.96. The van der Waals surface area contributed by atoms with Crippen LogP contribution in [-0.4, -0.2) is 42.7 Å². The van der Waals surface area contributed by atoms with Gasteiger partial charge in [-0.2, -0.15) is 5.10 Å². The molecule has 2 N–H and O–H groups in total. The number of rotatable bonds is 6. The quantitative estimate of drug-likeness (QED) is 0.840. The average molecular weight is 316 g/mol. The summed E-state index contributed by atoms with van der Waals surface area (Å²) in [6.45, 7) is 2.82. The zero-order valence-corrected chi connectivity index (χ0v) is 13.7. The molecule has 7 nitrogen and oxygen atoms in total. The Hall–Kier alpha value is -2.02.